The van der Waals surface area contributed by atoms with E-state index in [0.717, 1.165) is 88.0 Å². The van der Waals surface area contributed by atoms with Gasteiger partial charge in [0.15, 0.2) is 0 Å². The van der Waals surface area contributed by atoms with E-state index in [4.69, 9.17) is 5.73 Å². The highest BCUT2D eigenvalue weighted by molar-refractivity contribution is 6.13. The van der Waals surface area contributed by atoms with Crippen molar-refractivity contribution >= 4 is 40.6 Å². The second-order valence-corrected chi connectivity index (χ2v) is 16.6. The lowest BCUT2D eigenvalue weighted by Crippen LogP contribution is -2.44. The third-order valence-corrected chi connectivity index (χ3v) is 12.8. The fourth-order valence-corrected chi connectivity index (χ4v) is 8.69. The Morgan fingerprint density at radius 3 is 2.18 bits per heavy atom. The zero-order valence-electron chi connectivity index (χ0n) is 36.2. The van der Waals surface area contributed by atoms with Crippen molar-refractivity contribution in [1.82, 2.24) is 24.3 Å². The number of nitrogens with zero attached hydrogens (tertiary/aromatic N) is 6. The Morgan fingerprint density at radius 2 is 1.46 bits per heavy atom. The van der Waals surface area contributed by atoms with Crippen molar-refractivity contribution in [1.29, 1.82) is 0 Å². The second-order valence-electron chi connectivity index (χ2n) is 16.6. The normalized spacial score (nSPS) is 14.2. The number of likely N-dealkylation sites (N-methyl/N-ethyl adjacent to an activating group) is 1. The number of para-hydroxylation sites is 1. The molecule has 4 aromatic carbocycles. The number of piperazine rings is 1. The van der Waals surface area contributed by atoms with E-state index >= 15 is 0 Å². The van der Waals surface area contributed by atoms with Crippen LogP contribution in [0.3, 0.4) is 0 Å². The number of anilines is 4. The molecular weight excluding hydrogens is 761 g/mol. The SMILES string of the molecule is Cc1ccccc1CNC(=O)c1cc2c(cc1-c1cc(C(=O)N(c3ccccc3)c3cc(N)n(C)c3C)c(C)n1C)CCN(C(=O)Cc1cccc(N3CCN(C)CC3)c1)C2. The predicted molar refractivity (Wildman–Crippen MR) is 244 cm³/mol. The van der Waals surface area contributed by atoms with Gasteiger partial charge >= 0.3 is 0 Å². The monoisotopic (exact) mass is 816 g/mol. The van der Waals surface area contributed by atoms with Crippen LogP contribution < -0.4 is 20.9 Å². The van der Waals surface area contributed by atoms with Gasteiger partial charge in [0.1, 0.15) is 5.82 Å². The molecule has 61 heavy (non-hydrogen) atoms. The van der Waals surface area contributed by atoms with E-state index in [0.29, 0.717) is 55.1 Å². The number of carbonyl (C=O) groups is 3. The molecule has 11 nitrogen and oxygen atoms in total. The standard InChI is InChI=1S/C50H56N8O3/c1-33-13-10-11-15-38(33)31-52-49(60)44-28-39-32-57(48(59)26-36-14-12-18-41(25-36)56-23-21-53(4)22-24-56)20-19-37(39)27-43(44)46-29-42(34(2)54(46)5)50(61)58(40-16-8-7-9-17-40)45-30-47(51)55(6)35(45)3/h7-18,25,27-30H,19-24,26,31-32,51H2,1-6H3,(H,52,60). The van der Waals surface area contributed by atoms with E-state index < -0.39 is 0 Å². The fourth-order valence-electron chi connectivity index (χ4n) is 8.69. The molecule has 3 N–H and O–H groups in total. The third-order valence-electron chi connectivity index (χ3n) is 12.8. The van der Waals surface area contributed by atoms with Gasteiger partial charge in [0.2, 0.25) is 5.91 Å². The molecule has 1 saturated heterocycles. The summed E-state index contributed by atoms with van der Waals surface area (Å²) in [6.45, 7) is 11.2. The Balaban J connectivity index is 1.12. The van der Waals surface area contributed by atoms with E-state index in [1.54, 1.807) is 4.90 Å². The van der Waals surface area contributed by atoms with E-state index in [9.17, 15) is 14.4 Å². The van der Waals surface area contributed by atoms with Gasteiger partial charge in [0, 0.05) is 106 Å². The van der Waals surface area contributed by atoms with Crippen molar-refractivity contribution in [2.75, 3.05) is 55.3 Å². The summed E-state index contributed by atoms with van der Waals surface area (Å²) in [4.78, 5) is 51.6. The zero-order valence-corrected chi connectivity index (χ0v) is 36.2. The fraction of sp³-hybridized carbons (Fsp3) is 0.300. The lowest BCUT2D eigenvalue weighted by molar-refractivity contribution is -0.131. The summed E-state index contributed by atoms with van der Waals surface area (Å²) in [6, 6.07) is 33.8. The van der Waals surface area contributed by atoms with Crippen LogP contribution in [0, 0.1) is 20.8 Å². The molecule has 6 aromatic rings. The van der Waals surface area contributed by atoms with Crippen LogP contribution >= 0.6 is 0 Å². The summed E-state index contributed by atoms with van der Waals surface area (Å²) in [5, 5.41) is 3.19. The van der Waals surface area contributed by atoms with Gasteiger partial charge in [-0.15, -0.1) is 0 Å². The summed E-state index contributed by atoms with van der Waals surface area (Å²) < 4.78 is 3.87. The topological polar surface area (TPSA) is 112 Å². The van der Waals surface area contributed by atoms with Gasteiger partial charge in [0.25, 0.3) is 11.8 Å². The molecule has 4 heterocycles. The number of hydrogen-bond donors (Lipinski definition) is 2. The van der Waals surface area contributed by atoms with Gasteiger partial charge in [-0.25, -0.2) is 0 Å². The van der Waals surface area contributed by atoms with E-state index in [2.05, 4.69) is 40.4 Å². The minimum atomic E-state index is -0.224. The largest absolute Gasteiger partial charge is 0.385 e. The minimum absolute atomic E-state index is 0.0652. The molecule has 314 valence electrons. The van der Waals surface area contributed by atoms with E-state index in [-0.39, 0.29) is 17.7 Å². The molecule has 0 spiro atoms. The molecular formula is C50H56N8O3. The third kappa shape index (κ3) is 8.30. The number of amides is 3. The van der Waals surface area contributed by atoms with Crippen molar-refractivity contribution in [2.24, 2.45) is 14.1 Å². The van der Waals surface area contributed by atoms with E-state index in [1.807, 2.05) is 134 Å². The molecule has 0 unspecified atom stereocenters. The Morgan fingerprint density at radius 1 is 0.721 bits per heavy atom. The van der Waals surface area contributed by atoms with Crippen LogP contribution in [-0.4, -0.2) is 76.4 Å². The highest BCUT2D eigenvalue weighted by atomic mass is 16.2. The summed E-state index contributed by atoms with van der Waals surface area (Å²) in [5.74, 6) is 0.192. The van der Waals surface area contributed by atoms with Crippen LogP contribution in [-0.2, 0) is 44.8 Å². The van der Waals surface area contributed by atoms with Gasteiger partial charge in [-0.1, -0.05) is 54.6 Å². The number of carbonyl (C=O) groups excluding carboxylic acids is 3. The number of nitrogens with two attached hydrogens (primary N) is 1. The smallest absolute Gasteiger partial charge is 0.264 e. The average Bonchev–Trinajstić information content (AvgIpc) is 3.71. The Kier molecular flexibility index (Phi) is 11.6. The van der Waals surface area contributed by atoms with Crippen LogP contribution in [0.2, 0.25) is 0 Å². The molecule has 0 bridgehead atoms. The molecule has 1 fully saturated rings. The minimum Gasteiger partial charge on any atom is -0.385 e. The molecule has 2 aliphatic heterocycles. The first-order valence-corrected chi connectivity index (χ1v) is 21.1. The first kappa shape index (κ1) is 41.2. The highest BCUT2D eigenvalue weighted by Gasteiger charge is 2.30. The number of nitrogens with one attached hydrogen (secondary N) is 1. The number of aryl methyl sites for hydroxylation is 1. The van der Waals surface area contributed by atoms with E-state index in [1.165, 1.54) is 0 Å². The Labute approximate surface area is 359 Å². The van der Waals surface area contributed by atoms with Crippen LogP contribution in [0.15, 0.2) is 103 Å². The zero-order chi connectivity index (χ0) is 42.9. The Hall–Kier alpha value is -6.59. The van der Waals surface area contributed by atoms with Gasteiger partial charge < -0.3 is 34.9 Å². The predicted octanol–water partition coefficient (Wildman–Crippen LogP) is 7.33. The van der Waals surface area contributed by atoms with Gasteiger partial charge in [0.05, 0.1) is 17.7 Å². The van der Waals surface area contributed by atoms with Crippen molar-refractivity contribution < 1.29 is 14.4 Å². The quantitative estimate of drug-likeness (QED) is 0.150. The molecule has 8 rings (SSSR count). The van der Waals surface area contributed by atoms with Crippen molar-refractivity contribution in [3.63, 3.8) is 0 Å². The van der Waals surface area contributed by atoms with Crippen LogP contribution in [0.1, 0.15) is 59.9 Å². The first-order valence-electron chi connectivity index (χ1n) is 21.1. The molecule has 3 amide bonds. The number of aromatic nitrogens is 2. The first-order chi connectivity index (χ1) is 29.4. The van der Waals surface area contributed by atoms with Crippen LogP contribution in [0.5, 0.6) is 0 Å². The second kappa shape index (κ2) is 17.2. The van der Waals surface area contributed by atoms with Crippen LogP contribution in [0.4, 0.5) is 22.9 Å². The Bertz CT molecular complexity index is 2620. The van der Waals surface area contributed by atoms with Crippen LogP contribution in [0.25, 0.3) is 11.3 Å². The molecule has 2 aromatic heterocycles. The van der Waals surface area contributed by atoms with Gasteiger partial charge in [-0.05, 0) is 105 Å². The maximum Gasteiger partial charge on any atom is 0.264 e. The molecule has 0 aliphatic carbocycles. The molecule has 0 saturated carbocycles. The summed E-state index contributed by atoms with van der Waals surface area (Å²) in [6.07, 6.45) is 0.958. The number of rotatable bonds is 10. The molecule has 0 atom stereocenters. The van der Waals surface area contributed by atoms with Crippen molar-refractivity contribution in [3.05, 3.63) is 153 Å². The lowest BCUT2D eigenvalue weighted by Gasteiger charge is -2.34. The molecule has 11 heteroatoms. The van der Waals surface area contributed by atoms with Gasteiger partial charge in [-0.2, -0.15) is 0 Å². The maximum atomic E-state index is 14.9. The highest BCUT2D eigenvalue weighted by Crippen LogP contribution is 2.37. The number of benzene rings is 4. The molecule has 2 aliphatic rings. The summed E-state index contributed by atoms with van der Waals surface area (Å²) >= 11 is 0. The summed E-state index contributed by atoms with van der Waals surface area (Å²) in [5.41, 5.74) is 18.2. The molecule has 0 radical (unpaired) electrons. The summed E-state index contributed by atoms with van der Waals surface area (Å²) in [7, 11) is 5.98. The lowest BCUT2D eigenvalue weighted by atomic mass is 9.91. The number of nitrogen functional groups attached to an aromatic ring is 1. The van der Waals surface area contributed by atoms with Gasteiger partial charge in [-0.3, -0.25) is 19.3 Å². The van der Waals surface area contributed by atoms with Crippen molar-refractivity contribution in [3.8, 4) is 11.3 Å². The average molecular weight is 817 g/mol. The number of hydrogen-bond acceptors (Lipinski definition) is 6. The van der Waals surface area contributed by atoms with Crippen molar-refractivity contribution in [2.45, 2.75) is 46.7 Å². The number of fused-ring (bicyclic) bond motifs is 1. The maximum absolute atomic E-state index is 14.9.